The zero-order valence-corrected chi connectivity index (χ0v) is 23.4. The molecule has 1 aromatic carbocycles. The molecule has 3 aliphatic heterocycles. The summed E-state index contributed by atoms with van der Waals surface area (Å²) in [5, 5.41) is 3.29. The van der Waals surface area contributed by atoms with Crippen molar-refractivity contribution in [1.29, 1.82) is 0 Å². The maximum absolute atomic E-state index is 12.8. The summed E-state index contributed by atoms with van der Waals surface area (Å²) < 4.78 is 49.0. The normalized spacial score (nSPS) is 19.9. The summed E-state index contributed by atoms with van der Waals surface area (Å²) >= 11 is 1.23. The second-order valence-corrected chi connectivity index (χ2v) is 11.8. The topological polar surface area (TPSA) is 104 Å². The smallest absolute Gasteiger partial charge is 0.416 e. The number of thiazole rings is 1. The van der Waals surface area contributed by atoms with Crippen LogP contribution in [0.5, 0.6) is 0 Å². The van der Waals surface area contributed by atoms with E-state index in [0.717, 1.165) is 22.6 Å². The maximum atomic E-state index is 12.8. The third-order valence-electron chi connectivity index (χ3n) is 7.85. The molecule has 3 aliphatic rings. The van der Waals surface area contributed by atoms with Crippen LogP contribution < -0.4 is 5.32 Å². The quantitative estimate of drug-likeness (QED) is 0.536. The minimum absolute atomic E-state index is 0.0608. The number of likely N-dealkylation sites (tertiary alicyclic amines) is 2. The van der Waals surface area contributed by atoms with Gasteiger partial charge in [0.2, 0.25) is 0 Å². The lowest BCUT2D eigenvalue weighted by molar-refractivity contribution is -0.137. The summed E-state index contributed by atoms with van der Waals surface area (Å²) in [6.07, 6.45) is -1.02. The van der Waals surface area contributed by atoms with Crippen molar-refractivity contribution in [2.75, 3.05) is 39.8 Å². The van der Waals surface area contributed by atoms with E-state index in [2.05, 4.69) is 15.2 Å². The second-order valence-electron chi connectivity index (χ2n) is 10.7. The molecule has 10 nitrogen and oxygen atoms in total. The van der Waals surface area contributed by atoms with Gasteiger partial charge in [0, 0.05) is 62.7 Å². The number of benzene rings is 1. The van der Waals surface area contributed by atoms with E-state index in [1.165, 1.54) is 30.6 Å². The monoisotopic (exact) mass is 595 g/mol. The van der Waals surface area contributed by atoms with Crippen LogP contribution in [0.3, 0.4) is 0 Å². The molecule has 3 fully saturated rings. The van der Waals surface area contributed by atoms with E-state index in [1.807, 2.05) is 0 Å². The standard InChI is InChI=1S/C27H32F3N5O5S/c1-39-24(37)34-10-6-20(7-11-34)32-22(36)23-31-14-21(41-23)16-35-17-26(40-25(35)38)8-12-33(13-9-26)15-18-2-4-19(5-3-18)27(28,29)30/h2-5,14,20H,6-13,15-17H2,1H3,(H,32,36). The zero-order chi connectivity index (χ0) is 29.2. The summed E-state index contributed by atoms with van der Waals surface area (Å²) in [7, 11) is 1.34. The molecule has 5 rings (SSSR count). The SMILES string of the molecule is COC(=O)N1CCC(NC(=O)c2ncc(CN3CC4(CCN(Cc5ccc(C(F)(F)F)cc5)CC4)OC3=O)s2)CC1. The highest BCUT2D eigenvalue weighted by Crippen LogP contribution is 2.35. The molecule has 222 valence electrons. The fraction of sp³-hybridized carbons (Fsp3) is 0.556. The van der Waals surface area contributed by atoms with Gasteiger partial charge in [0.05, 0.1) is 25.8 Å². The van der Waals surface area contributed by atoms with Crippen LogP contribution in [0.4, 0.5) is 22.8 Å². The number of amides is 3. The lowest BCUT2D eigenvalue weighted by Crippen LogP contribution is -2.46. The summed E-state index contributed by atoms with van der Waals surface area (Å²) in [6.45, 7) is 3.58. The van der Waals surface area contributed by atoms with Gasteiger partial charge >= 0.3 is 18.4 Å². The number of piperidine rings is 2. The number of halogens is 3. The van der Waals surface area contributed by atoms with E-state index in [1.54, 1.807) is 16.0 Å². The van der Waals surface area contributed by atoms with Crippen LogP contribution in [0.15, 0.2) is 30.5 Å². The van der Waals surface area contributed by atoms with Crippen molar-refractivity contribution in [2.24, 2.45) is 0 Å². The van der Waals surface area contributed by atoms with Crippen molar-refractivity contribution in [1.82, 2.24) is 25.0 Å². The van der Waals surface area contributed by atoms with Crippen LogP contribution in [0, 0.1) is 0 Å². The molecule has 0 unspecified atom stereocenters. The number of hydrogen-bond acceptors (Lipinski definition) is 8. The Labute approximate surface area is 239 Å². The Morgan fingerprint density at radius 3 is 2.44 bits per heavy atom. The van der Waals surface area contributed by atoms with Gasteiger partial charge in [0.15, 0.2) is 5.01 Å². The van der Waals surface area contributed by atoms with Crippen LogP contribution in [0.2, 0.25) is 0 Å². The van der Waals surface area contributed by atoms with Gasteiger partial charge in [-0.05, 0) is 30.5 Å². The molecular formula is C27H32F3N5O5S. The minimum atomic E-state index is -4.35. The largest absolute Gasteiger partial charge is 0.453 e. The van der Waals surface area contributed by atoms with Gasteiger partial charge in [-0.15, -0.1) is 11.3 Å². The molecule has 1 spiro atoms. The molecule has 4 heterocycles. The van der Waals surface area contributed by atoms with Gasteiger partial charge in [-0.3, -0.25) is 14.6 Å². The Hall–Kier alpha value is -3.39. The third-order valence-corrected chi connectivity index (χ3v) is 8.83. The molecule has 0 radical (unpaired) electrons. The first kappa shape index (κ1) is 29.1. The molecule has 2 aromatic rings. The average Bonchev–Trinajstić information content (AvgIpc) is 3.54. The van der Waals surface area contributed by atoms with Crippen LogP contribution >= 0.6 is 11.3 Å². The van der Waals surface area contributed by atoms with Crippen LogP contribution in [-0.2, 0) is 28.7 Å². The van der Waals surface area contributed by atoms with Gasteiger partial charge in [0.25, 0.3) is 5.91 Å². The molecule has 0 saturated carbocycles. The lowest BCUT2D eigenvalue weighted by atomic mass is 9.91. The number of carbonyl (C=O) groups excluding carboxylic acids is 3. The van der Waals surface area contributed by atoms with Gasteiger partial charge in [-0.2, -0.15) is 13.2 Å². The number of rotatable bonds is 6. The summed E-state index contributed by atoms with van der Waals surface area (Å²) in [4.78, 5) is 47.5. The Morgan fingerprint density at radius 1 is 1.12 bits per heavy atom. The van der Waals surface area contributed by atoms with E-state index >= 15 is 0 Å². The van der Waals surface area contributed by atoms with Crippen molar-refractivity contribution in [3.63, 3.8) is 0 Å². The fourth-order valence-corrected chi connectivity index (χ4v) is 6.34. The molecule has 3 saturated heterocycles. The highest BCUT2D eigenvalue weighted by Gasteiger charge is 2.47. The van der Waals surface area contributed by atoms with Crippen molar-refractivity contribution >= 4 is 29.4 Å². The lowest BCUT2D eigenvalue weighted by Gasteiger charge is -2.37. The first-order chi connectivity index (χ1) is 19.5. The Balaban J connectivity index is 1.08. The highest BCUT2D eigenvalue weighted by atomic mass is 32.1. The fourth-order valence-electron chi connectivity index (χ4n) is 5.51. The molecule has 0 aliphatic carbocycles. The Morgan fingerprint density at radius 2 is 1.80 bits per heavy atom. The minimum Gasteiger partial charge on any atom is -0.453 e. The molecular weight excluding hydrogens is 563 g/mol. The van der Waals surface area contributed by atoms with Gasteiger partial charge < -0.3 is 19.7 Å². The zero-order valence-electron chi connectivity index (χ0n) is 22.6. The maximum Gasteiger partial charge on any atom is 0.416 e. The number of nitrogens with one attached hydrogen (secondary N) is 1. The first-order valence-corrected chi connectivity index (χ1v) is 14.3. The van der Waals surface area contributed by atoms with E-state index in [0.29, 0.717) is 70.0 Å². The van der Waals surface area contributed by atoms with E-state index < -0.39 is 23.4 Å². The molecule has 1 N–H and O–H groups in total. The van der Waals surface area contributed by atoms with Crippen molar-refractivity contribution in [2.45, 2.75) is 56.6 Å². The molecule has 14 heteroatoms. The molecule has 3 amide bonds. The van der Waals surface area contributed by atoms with E-state index in [9.17, 15) is 27.6 Å². The van der Waals surface area contributed by atoms with Crippen molar-refractivity contribution < 1.29 is 37.0 Å². The number of carbonyl (C=O) groups is 3. The number of aromatic nitrogens is 1. The van der Waals surface area contributed by atoms with Crippen LogP contribution in [-0.4, -0.2) is 89.3 Å². The summed E-state index contributed by atoms with van der Waals surface area (Å²) in [6, 6.07) is 5.14. The number of ether oxygens (including phenoxy) is 2. The highest BCUT2D eigenvalue weighted by molar-refractivity contribution is 7.13. The predicted molar refractivity (Wildman–Crippen MR) is 142 cm³/mol. The van der Waals surface area contributed by atoms with E-state index in [-0.39, 0.29) is 24.6 Å². The van der Waals surface area contributed by atoms with Crippen molar-refractivity contribution in [3.8, 4) is 0 Å². The Kier molecular flexibility index (Phi) is 8.41. The van der Waals surface area contributed by atoms with Crippen LogP contribution in [0.1, 0.15) is 51.5 Å². The number of methoxy groups -OCH3 is 1. The van der Waals surface area contributed by atoms with Gasteiger partial charge in [0.1, 0.15) is 5.60 Å². The predicted octanol–water partition coefficient (Wildman–Crippen LogP) is 4.11. The summed E-state index contributed by atoms with van der Waals surface area (Å²) in [5.74, 6) is -0.279. The first-order valence-electron chi connectivity index (χ1n) is 13.5. The van der Waals surface area contributed by atoms with Gasteiger partial charge in [-0.1, -0.05) is 12.1 Å². The Bertz CT molecular complexity index is 1250. The number of nitrogens with zero attached hydrogens (tertiary/aromatic N) is 4. The molecule has 1 aromatic heterocycles. The molecule has 41 heavy (non-hydrogen) atoms. The number of alkyl halides is 3. The summed E-state index contributed by atoms with van der Waals surface area (Å²) in [5.41, 5.74) is -0.462. The van der Waals surface area contributed by atoms with Crippen molar-refractivity contribution in [3.05, 3.63) is 51.5 Å². The second kappa shape index (κ2) is 11.8. The van der Waals surface area contributed by atoms with Gasteiger partial charge in [-0.25, -0.2) is 14.6 Å². The van der Waals surface area contributed by atoms with Crippen LogP contribution in [0.25, 0.3) is 0 Å². The molecule has 0 atom stereocenters. The molecule has 0 bridgehead atoms. The third kappa shape index (κ3) is 6.92. The average molecular weight is 596 g/mol. The number of hydrogen-bond donors (Lipinski definition) is 1. The van der Waals surface area contributed by atoms with E-state index in [4.69, 9.17) is 9.47 Å².